The molecule has 0 rings (SSSR count). The van der Waals surface area contributed by atoms with Crippen molar-refractivity contribution in [1.82, 2.24) is 10.4 Å². The van der Waals surface area contributed by atoms with Gasteiger partial charge in [0.25, 0.3) is 0 Å². The molecule has 0 heterocycles. The summed E-state index contributed by atoms with van der Waals surface area (Å²) in [7, 11) is 4.36. The highest BCUT2D eigenvalue weighted by atomic mass is 31.1. The third kappa shape index (κ3) is 17.0. The fourth-order valence-corrected chi connectivity index (χ4v) is 4.63. The summed E-state index contributed by atoms with van der Waals surface area (Å²) in [5.41, 5.74) is 9.85. The smallest absolute Gasteiger partial charge is 0.140 e. The van der Waals surface area contributed by atoms with Crippen molar-refractivity contribution >= 4 is 23.0 Å². The van der Waals surface area contributed by atoms with E-state index in [1.54, 1.807) is 0 Å². The van der Waals surface area contributed by atoms with Gasteiger partial charge < -0.3 is 20.9 Å². The zero-order valence-corrected chi connectivity index (χ0v) is 22.2. The molecule has 0 saturated carbocycles. The average Bonchev–Trinajstić information content (AvgIpc) is 2.59. The van der Waals surface area contributed by atoms with Crippen molar-refractivity contribution in [2.45, 2.75) is 98.1 Å². The van der Waals surface area contributed by atoms with E-state index in [0.717, 1.165) is 57.4 Å². The standard InChI is InChI=1S/C23H48B2N3OP/c1-8-19(2)11-9-12-20(3)13-10-15-27-18-21(26)17-23(6,7)29-16-14-22(4,5)28-30(24)25/h8,12,18,27-28H,9-11,13-17,24-26H2,1-7H3/b19-8+,20-12+,21-18-. The summed E-state index contributed by atoms with van der Waals surface area (Å²) < 4.78 is 6.15. The minimum absolute atomic E-state index is 0.104. The molecule has 0 amide bonds. The molecule has 0 aromatic carbocycles. The summed E-state index contributed by atoms with van der Waals surface area (Å²) in [5.74, 6) is 0. The zero-order valence-electron chi connectivity index (χ0n) is 21.3. The Hall–Kier alpha value is -0.700. The molecule has 4 nitrogen and oxygen atoms in total. The molecule has 7 heteroatoms. The van der Waals surface area contributed by atoms with Gasteiger partial charge in [-0.05, 0) is 80.6 Å². The Labute approximate surface area is 190 Å². The lowest BCUT2D eigenvalue weighted by atomic mass is 10.0. The number of allylic oxidation sites excluding steroid dienone is 4. The second kappa shape index (κ2) is 15.2. The van der Waals surface area contributed by atoms with Gasteiger partial charge in [-0.25, -0.2) is 0 Å². The highest BCUT2D eigenvalue weighted by molar-refractivity contribution is 7.99. The molecule has 0 aliphatic rings. The second-order valence-corrected chi connectivity index (χ2v) is 11.9. The fourth-order valence-electron chi connectivity index (χ4n) is 3.30. The van der Waals surface area contributed by atoms with Gasteiger partial charge in [0.2, 0.25) is 0 Å². The van der Waals surface area contributed by atoms with E-state index >= 15 is 0 Å². The molecule has 0 aliphatic carbocycles. The normalized spacial score (nSPS) is 14.5. The maximum Gasteiger partial charge on any atom is 0.140 e. The van der Waals surface area contributed by atoms with Crippen molar-refractivity contribution in [3.05, 3.63) is 35.2 Å². The summed E-state index contributed by atoms with van der Waals surface area (Å²) in [4.78, 5) is 0. The summed E-state index contributed by atoms with van der Waals surface area (Å²) in [5, 5.41) is 7.01. The van der Waals surface area contributed by atoms with Crippen LogP contribution in [0, 0.1) is 0 Å². The van der Waals surface area contributed by atoms with E-state index in [1.165, 1.54) is 11.1 Å². The highest BCUT2D eigenvalue weighted by Gasteiger charge is 2.23. The predicted molar refractivity (Wildman–Crippen MR) is 142 cm³/mol. The van der Waals surface area contributed by atoms with Crippen molar-refractivity contribution in [3.8, 4) is 0 Å². The van der Waals surface area contributed by atoms with Crippen LogP contribution in [0.5, 0.6) is 0 Å². The molecule has 4 N–H and O–H groups in total. The Bertz CT molecular complexity index is 573. The highest BCUT2D eigenvalue weighted by Crippen LogP contribution is 2.25. The molecule has 0 fully saturated rings. The van der Waals surface area contributed by atoms with Gasteiger partial charge in [-0.3, -0.25) is 0 Å². The van der Waals surface area contributed by atoms with Crippen LogP contribution in [-0.4, -0.2) is 39.4 Å². The van der Waals surface area contributed by atoms with Crippen LogP contribution in [0.2, 0.25) is 0 Å². The van der Waals surface area contributed by atoms with E-state index in [1.807, 2.05) is 6.20 Å². The van der Waals surface area contributed by atoms with Crippen molar-refractivity contribution in [3.63, 3.8) is 0 Å². The van der Waals surface area contributed by atoms with Crippen LogP contribution in [0.15, 0.2) is 35.2 Å². The van der Waals surface area contributed by atoms with E-state index < -0.39 is 0 Å². The SMILES string of the molecule is BP(B)NC(C)(C)CCOC(C)(C)C/C(N)=C/NCCC/C(C)=C/CC/C(C)=C/C. The van der Waals surface area contributed by atoms with E-state index in [2.05, 4.69) is 86.2 Å². The quantitative estimate of drug-likeness (QED) is 0.147. The van der Waals surface area contributed by atoms with Gasteiger partial charge >= 0.3 is 0 Å². The van der Waals surface area contributed by atoms with Crippen LogP contribution in [0.25, 0.3) is 0 Å². The number of nitrogens with two attached hydrogens (primary N) is 1. The van der Waals surface area contributed by atoms with Crippen LogP contribution >= 0.6 is 7.83 Å². The molecule has 30 heavy (non-hydrogen) atoms. The summed E-state index contributed by atoms with van der Waals surface area (Å²) in [6.07, 6.45) is 12.8. The number of hydrogen-bond acceptors (Lipinski definition) is 4. The van der Waals surface area contributed by atoms with Crippen molar-refractivity contribution in [2.24, 2.45) is 5.73 Å². The van der Waals surface area contributed by atoms with Crippen LogP contribution in [0.3, 0.4) is 0 Å². The number of hydrogen-bond donors (Lipinski definition) is 3. The summed E-state index contributed by atoms with van der Waals surface area (Å²) in [6, 6.07) is 0. The minimum Gasteiger partial charge on any atom is -0.401 e. The largest absolute Gasteiger partial charge is 0.401 e. The first-order valence-corrected chi connectivity index (χ1v) is 13.6. The molecule has 0 atom stereocenters. The Balaban J connectivity index is 4.13. The maximum absolute atomic E-state index is 6.22. The molecular formula is C23H48B2N3OP. The first-order chi connectivity index (χ1) is 13.9. The van der Waals surface area contributed by atoms with E-state index in [0.29, 0.717) is 0 Å². The lowest BCUT2D eigenvalue weighted by Gasteiger charge is -2.32. The molecule has 0 aromatic heterocycles. The molecule has 0 radical (unpaired) electrons. The van der Waals surface area contributed by atoms with Gasteiger partial charge in [0.1, 0.15) is 15.1 Å². The summed E-state index contributed by atoms with van der Waals surface area (Å²) >= 11 is 0. The fraction of sp³-hybridized carbons (Fsp3) is 0.739. The predicted octanol–water partition coefficient (Wildman–Crippen LogP) is 4.29. The number of nitrogens with one attached hydrogen (secondary N) is 2. The lowest BCUT2D eigenvalue weighted by molar-refractivity contribution is -0.0237. The van der Waals surface area contributed by atoms with Crippen LogP contribution in [0.1, 0.15) is 87.0 Å². The van der Waals surface area contributed by atoms with Gasteiger partial charge in [-0.2, -0.15) is 0 Å². The van der Waals surface area contributed by atoms with Crippen molar-refractivity contribution in [1.29, 1.82) is 0 Å². The minimum atomic E-state index is -0.258. The average molecular weight is 435 g/mol. The number of ether oxygens (including phenoxy) is 1. The van der Waals surface area contributed by atoms with Crippen LogP contribution in [0.4, 0.5) is 0 Å². The Morgan fingerprint density at radius 1 is 1.10 bits per heavy atom. The van der Waals surface area contributed by atoms with Gasteiger partial charge in [0, 0.05) is 37.0 Å². The molecule has 0 aromatic rings. The van der Waals surface area contributed by atoms with Crippen LogP contribution < -0.4 is 16.1 Å². The van der Waals surface area contributed by atoms with Gasteiger partial charge in [0.05, 0.1) is 5.60 Å². The van der Waals surface area contributed by atoms with Crippen LogP contribution in [-0.2, 0) is 4.74 Å². The third-order valence-electron chi connectivity index (χ3n) is 5.08. The van der Waals surface area contributed by atoms with E-state index in [-0.39, 0.29) is 19.0 Å². The molecule has 172 valence electrons. The topological polar surface area (TPSA) is 59.3 Å². The molecule has 0 unspecified atom stereocenters. The molecule has 0 spiro atoms. The van der Waals surface area contributed by atoms with Gasteiger partial charge in [-0.1, -0.05) is 23.3 Å². The van der Waals surface area contributed by atoms with E-state index in [9.17, 15) is 0 Å². The van der Waals surface area contributed by atoms with E-state index in [4.69, 9.17) is 10.5 Å². The molecule has 0 bridgehead atoms. The third-order valence-corrected chi connectivity index (χ3v) is 6.13. The van der Waals surface area contributed by atoms with Gasteiger partial charge in [0.15, 0.2) is 0 Å². The first-order valence-electron chi connectivity index (χ1n) is 11.4. The molecule has 0 saturated heterocycles. The first kappa shape index (κ1) is 29.3. The lowest BCUT2D eigenvalue weighted by Crippen LogP contribution is -2.38. The Morgan fingerprint density at radius 3 is 2.37 bits per heavy atom. The summed E-state index contributed by atoms with van der Waals surface area (Å²) in [6.45, 7) is 16.9. The zero-order chi connectivity index (χ0) is 23.2. The maximum atomic E-state index is 6.22. The van der Waals surface area contributed by atoms with Crippen molar-refractivity contribution < 1.29 is 4.74 Å². The number of rotatable bonds is 16. The monoisotopic (exact) mass is 435 g/mol. The Kier molecular flexibility index (Phi) is 14.8. The van der Waals surface area contributed by atoms with Crippen molar-refractivity contribution in [2.75, 3.05) is 13.2 Å². The molecule has 0 aliphatic heterocycles. The second-order valence-electron chi connectivity index (χ2n) is 9.93. The Morgan fingerprint density at radius 2 is 1.77 bits per heavy atom. The molecular weight excluding hydrogens is 387 g/mol. The van der Waals surface area contributed by atoms with Gasteiger partial charge in [-0.15, -0.1) is 7.83 Å².